The molecule has 0 N–H and O–H groups in total. The van der Waals surface area contributed by atoms with Gasteiger partial charge in [0.2, 0.25) is 0 Å². The second-order valence-electron chi connectivity index (χ2n) is 11.8. The van der Waals surface area contributed by atoms with Crippen molar-refractivity contribution < 1.29 is 9.15 Å². The zero-order valence-corrected chi connectivity index (χ0v) is 24.0. The number of benzene rings is 6. The van der Waals surface area contributed by atoms with Gasteiger partial charge in [0.1, 0.15) is 11.3 Å². The Bertz CT molecular complexity index is 2270. The topological polar surface area (TPSA) is 28.9 Å². The number of anilines is 6. The maximum atomic E-state index is 6.53. The lowest BCUT2D eigenvalue weighted by Crippen LogP contribution is -2.61. The van der Waals surface area contributed by atoms with Crippen LogP contribution in [0.25, 0.3) is 22.3 Å². The SMILES string of the molecule is Cc1ccc(N2c3ccc(-c4cc5ccccc5o4)cc3B3c4cccc5c4N(c4ccccc4O5)c4cccc2c43)cc1. The first-order valence-corrected chi connectivity index (χ1v) is 15.1. The van der Waals surface area contributed by atoms with E-state index in [4.69, 9.17) is 9.15 Å². The van der Waals surface area contributed by atoms with E-state index in [-0.39, 0.29) is 6.71 Å². The first-order chi connectivity index (χ1) is 21.7. The smallest absolute Gasteiger partial charge is 0.252 e. The van der Waals surface area contributed by atoms with Crippen LogP contribution < -0.4 is 30.9 Å². The monoisotopic (exact) mass is 564 g/mol. The molecule has 6 aromatic carbocycles. The minimum Gasteiger partial charge on any atom is -0.456 e. The van der Waals surface area contributed by atoms with E-state index in [1.807, 2.05) is 18.2 Å². The molecule has 44 heavy (non-hydrogen) atoms. The van der Waals surface area contributed by atoms with Crippen molar-refractivity contribution >= 4 is 68.2 Å². The quantitative estimate of drug-likeness (QED) is 0.197. The fourth-order valence-electron chi connectivity index (χ4n) is 7.39. The number of nitrogens with zero attached hydrogens (tertiary/aromatic N) is 2. The molecule has 4 heterocycles. The fraction of sp³-hybridized carbons (Fsp3) is 0.0256. The molecule has 0 saturated carbocycles. The average molecular weight is 564 g/mol. The largest absolute Gasteiger partial charge is 0.456 e. The van der Waals surface area contributed by atoms with Gasteiger partial charge in [-0.05, 0) is 90.0 Å². The molecule has 0 amide bonds. The molecule has 0 bridgehead atoms. The van der Waals surface area contributed by atoms with E-state index in [1.165, 1.54) is 39.0 Å². The van der Waals surface area contributed by atoms with Crippen LogP contribution in [0.2, 0.25) is 0 Å². The first-order valence-electron chi connectivity index (χ1n) is 15.1. The van der Waals surface area contributed by atoms with Gasteiger partial charge in [-0.15, -0.1) is 0 Å². The summed E-state index contributed by atoms with van der Waals surface area (Å²) >= 11 is 0. The second-order valence-corrected chi connectivity index (χ2v) is 11.8. The molecule has 10 rings (SSSR count). The number of fused-ring (bicyclic) bond motifs is 7. The third-order valence-electron chi connectivity index (χ3n) is 9.30. The maximum Gasteiger partial charge on any atom is 0.252 e. The number of hydrogen-bond acceptors (Lipinski definition) is 4. The summed E-state index contributed by atoms with van der Waals surface area (Å²) in [5.41, 5.74) is 13.9. The van der Waals surface area contributed by atoms with Crippen LogP contribution in [0.1, 0.15) is 5.56 Å². The normalized spacial score (nSPS) is 13.6. The van der Waals surface area contributed by atoms with Gasteiger partial charge in [-0.1, -0.05) is 72.3 Å². The maximum absolute atomic E-state index is 6.53. The molecule has 5 heteroatoms. The van der Waals surface area contributed by atoms with Crippen molar-refractivity contribution in [2.24, 2.45) is 0 Å². The molecule has 0 aliphatic carbocycles. The molecule has 7 aromatic rings. The molecular formula is C39H25BN2O2. The van der Waals surface area contributed by atoms with Gasteiger partial charge in [0.25, 0.3) is 6.71 Å². The Morgan fingerprint density at radius 1 is 0.568 bits per heavy atom. The van der Waals surface area contributed by atoms with Gasteiger partial charge in [0, 0.05) is 33.7 Å². The number of hydrogen-bond donors (Lipinski definition) is 0. The summed E-state index contributed by atoms with van der Waals surface area (Å²) in [4.78, 5) is 4.83. The average Bonchev–Trinajstić information content (AvgIpc) is 3.51. The molecule has 0 atom stereocenters. The lowest BCUT2D eigenvalue weighted by atomic mass is 9.33. The Balaban J connectivity index is 1.28. The highest BCUT2D eigenvalue weighted by molar-refractivity contribution is 7.00. The van der Waals surface area contributed by atoms with Gasteiger partial charge in [0.15, 0.2) is 11.5 Å². The lowest BCUT2D eigenvalue weighted by molar-refractivity contribution is 0.477. The van der Waals surface area contributed by atoms with Gasteiger partial charge in [0.05, 0.1) is 11.4 Å². The highest BCUT2D eigenvalue weighted by Gasteiger charge is 2.45. The summed E-state index contributed by atoms with van der Waals surface area (Å²) in [6.07, 6.45) is 0. The highest BCUT2D eigenvalue weighted by Crippen LogP contribution is 2.52. The third kappa shape index (κ3) is 3.18. The summed E-state index contributed by atoms with van der Waals surface area (Å²) in [5.74, 6) is 2.62. The summed E-state index contributed by atoms with van der Waals surface area (Å²) in [7, 11) is 0. The van der Waals surface area contributed by atoms with Crippen LogP contribution in [0.15, 0.2) is 138 Å². The molecular weight excluding hydrogens is 539 g/mol. The predicted molar refractivity (Wildman–Crippen MR) is 180 cm³/mol. The Labute approximate surface area is 255 Å². The Morgan fingerprint density at radius 2 is 1.32 bits per heavy atom. The Hall–Kier alpha value is -5.68. The lowest BCUT2D eigenvalue weighted by Gasteiger charge is -2.45. The predicted octanol–water partition coefficient (Wildman–Crippen LogP) is 8.60. The molecule has 0 spiro atoms. The summed E-state index contributed by atoms with van der Waals surface area (Å²) in [5, 5.41) is 1.11. The fourth-order valence-corrected chi connectivity index (χ4v) is 7.39. The van der Waals surface area contributed by atoms with Crippen molar-refractivity contribution in [2.75, 3.05) is 9.80 Å². The molecule has 0 radical (unpaired) electrons. The molecule has 206 valence electrons. The van der Waals surface area contributed by atoms with Gasteiger partial charge < -0.3 is 19.0 Å². The number of furan rings is 1. The summed E-state index contributed by atoms with van der Waals surface area (Å²) in [6, 6.07) is 47.5. The molecule has 0 saturated heterocycles. The zero-order valence-electron chi connectivity index (χ0n) is 24.0. The van der Waals surface area contributed by atoms with E-state index >= 15 is 0 Å². The van der Waals surface area contributed by atoms with Gasteiger partial charge in [-0.3, -0.25) is 0 Å². The number of para-hydroxylation sites is 4. The van der Waals surface area contributed by atoms with E-state index in [9.17, 15) is 0 Å². The van der Waals surface area contributed by atoms with Gasteiger partial charge in [-0.2, -0.15) is 0 Å². The van der Waals surface area contributed by atoms with Crippen LogP contribution >= 0.6 is 0 Å². The van der Waals surface area contributed by atoms with Crippen LogP contribution in [0, 0.1) is 6.92 Å². The molecule has 0 fully saturated rings. The number of ether oxygens (including phenoxy) is 1. The molecule has 3 aliphatic rings. The Kier molecular flexibility index (Phi) is 4.70. The van der Waals surface area contributed by atoms with Crippen LogP contribution in [0.4, 0.5) is 34.1 Å². The minimum atomic E-state index is 0.0160. The van der Waals surface area contributed by atoms with Crippen molar-refractivity contribution in [3.05, 3.63) is 139 Å². The Morgan fingerprint density at radius 3 is 2.20 bits per heavy atom. The second kappa shape index (κ2) is 8.68. The first kappa shape index (κ1) is 23.8. The molecule has 1 aromatic heterocycles. The van der Waals surface area contributed by atoms with Crippen LogP contribution in [0.3, 0.4) is 0 Å². The van der Waals surface area contributed by atoms with Gasteiger partial charge >= 0.3 is 0 Å². The van der Waals surface area contributed by atoms with Crippen molar-refractivity contribution in [1.82, 2.24) is 0 Å². The molecule has 3 aliphatic heterocycles. The van der Waals surface area contributed by atoms with E-state index in [2.05, 4.69) is 132 Å². The summed E-state index contributed by atoms with van der Waals surface area (Å²) < 4.78 is 12.9. The van der Waals surface area contributed by atoms with E-state index in [0.717, 1.165) is 50.9 Å². The third-order valence-corrected chi connectivity index (χ3v) is 9.30. The van der Waals surface area contributed by atoms with Crippen LogP contribution in [-0.2, 0) is 0 Å². The minimum absolute atomic E-state index is 0.0160. The van der Waals surface area contributed by atoms with Crippen molar-refractivity contribution in [3.8, 4) is 22.8 Å². The van der Waals surface area contributed by atoms with Crippen molar-refractivity contribution in [1.29, 1.82) is 0 Å². The zero-order chi connectivity index (χ0) is 28.9. The van der Waals surface area contributed by atoms with E-state index in [0.29, 0.717) is 0 Å². The van der Waals surface area contributed by atoms with Crippen molar-refractivity contribution in [2.45, 2.75) is 6.92 Å². The number of rotatable bonds is 2. The number of aryl methyl sites for hydroxylation is 1. The summed E-state index contributed by atoms with van der Waals surface area (Å²) in [6.45, 7) is 2.15. The van der Waals surface area contributed by atoms with E-state index < -0.39 is 0 Å². The van der Waals surface area contributed by atoms with E-state index in [1.54, 1.807) is 0 Å². The van der Waals surface area contributed by atoms with Gasteiger partial charge in [-0.25, -0.2) is 0 Å². The standard InChI is InChI=1S/C39H25BN2O2/c1-24-16-19-27(20-17-24)41-30-21-18-26(37-23-25-8-2-4-13-34(25)43-37)22-29(30)40-28-9-6-15-36-39(28)42(31-10-3-5-14-35(31)44-36)33-12-7-11-32(41)38(33)40/h2-23H,1H3. The highest BCUT2D eigenvalue weighted by atomic mass is 16.5. The molecule has 0 unspecified atom stereocenters. The van der Waals surface area contributed by atoms with Crippen molar-refractivity contribution in [3.63, 3.8) is 0 Å². The van der Waals surface area contributed by atoms with Crippen LogP contribution in [0.5, 0.6) is 11.5 Å². The molecule has 4 nitrogen and oxygen atoms in total. The van der Waals surface area contributed by atoms with Crippen LogP contribution in [-0.4, -0.2) is 6.71 Å².